The molecule has 2 N–H and O–H groups in total. The van der Waals surface area contributed by atoms with Crippen molar-refractivity contribution in [1.29, 1.82) is 0 Å². The summed E-state index contributed by atoms with van der Waals surface area (Å²) in [6, 6.07) is 7.68. The van der Waals surface area contributed by atoms with Crippen molar-refractivity contribution in [1.82, 2.24) is 5.32 Å². The van der Waals surface area contributed by atoms with Crippen molar-refractivity contribution in [3.63, 3.8) is 0 Å². The Hall–Kier alpha value is -1.84. The average molecular weight is 328 g/mol. The van der Waals surface area contributed by atoms with Gasteiger partial charge in [-0.1, -0.05) is 32.4 Å². The largest absolute Gasteiger partial charge is 0.352 e. The highest BCUT2D eigenvalue weighted by molar-refractivity contribution is 5.92. The molecule has 2 aliphatic carbocycles. The molecule has 3 atom stereocenters. The molecule has 1 aromatic rings. The number of rotatable bonds is 6. The molecule has 4 nitrogen and oxygen atoms in total. The predicted molar refractivity (Wildman–Crippen MR) is 95.3 cm³/mol. The number of amides is 2. The molecule has 4 heteroatoms. The van der Waals surface area contributed by atoms with Crippen LogP contribution in [0.5, 0.6) is 0 Å². The fraction of sp³-hybridized carbons (Fsp3) is 0.600. The second kappa shape index (κ2) is 7.37. The van der Waals surface area contributed by atoms with E-state index in [1.54, 1.807) is 0 Å². The van der Waals surface area contributed by atoms with E-state index in [1.807, 2.05) is 38.1 Å². The van der Waals surface area contributed by atoms with Gasteiger partial charge in [-0.15, -0.1) is 0 Å². The number of hydrogen-bond acceptors (Lipinski definition) is 2. The summed E-state index contributed by atoms with van der Waals surface area (Å²) < 4.78 is 0. The maximum absolute atomic E-state index is 12.2. The van der Waals surface area contributed by atoms with Crippen molar-refractivity contribution in [2.24, 2.45) is 23.7 Å². The lowest BCUT2D eigenvalue weighted by atomic mass is 9.86. The molecule has 130 valence electrons. The van der Waals surface area contributed by atoms with E-state index in [9.17, 15) is 9.59 Å². The van der Waals surface area contributed by atoms with Crippen molar-refractivity contribution in [3.05, 3.63) is 29.8 Å². The summed E-state index contributed by atoms with van der Waals surface area (Å²) in [5, 5.41) is 5.91. The lowest BCUT2D eigenvalue weighted by Crippen LogP contribution is -2.26. The Morgan fingerprint density at radius 1 is 1.12 bits per heavy atom. The quantitative estimate of drug-likeness (QED) is 0.836. The van der Waals surface area contributed by atoms with E-state index in [-0.39, 0.29) is 17.7 Å². The molecule has 2 bridgehead atoms. The maximum Gasteiger partial charge on any atom is 0.226 e. The zero-order valence-corrected chi connectivity index (χ0v) is 14.7. The predicted octanol–water partition coefficient (Wildman–Crippen LogP) is 3.72. The van der Waals surface area contributed by atoms with Crippen LogP contribution in [-0.2, 0) is 16.1 Å². The maximum atomic E-state index is 12.2. The minimum absolute atomic E-state index is 0.0157. The fourth-order valence-corrected chi connectivity index (χ4v) is 4.13. The highest BCUT2D eigenvalue weighted by Gasteiger charge is 2.39. The van der Waals surface area contributed by atoms with Gasteiger partial charge in [0.1, 0.15) is 0 Å². The van der Waals surface area contributed by atoms with Gasteiger partial charge in [0.25, 0.3) is 0 Å². The molecule has 2 amide bonds. The van der Waals surface area contributed by atoms with Crippen LogP contribution in [0.25, 0.3) is 0 Å². The molecule has 2 aliphatic rings. The summed E-state index contributed by atoms with van der Waals surface area (Å²) in [6.45, 7) is 4.29. The highest BCUT2D eigenvalue weighted by Crippen LogP contribution is 2.49. The monoisotopic (exact) mass is 328 g/mol. The minimum Gasteiger partial charge on any atom is -0.352 e. The van der Waals surface area contributed by atoms with E-state index in [0.29, 0.717) is 18.9 Å². The van der Waals surface area contributed by atoms with E-state index in [4.69, 9.17) is 0 Å². The molecule has 0 radical (unpaired) electrons. The summed E-state index contributed by atoms with van der Waals surface area (Å²) in [7, 11) is 0. The number of hydrogen-bond donors (Lipinski definition) is 2. The Bertz CT molecular complexity index is 594. The molecule has 0 heterocycles. The van der Waals surface area contributed by atoms with Crippen LogP contribution in [0, 0.1) is 23.7 Å². The van der Waals surface area contributed by atoms with Crippen LogP contribution in [0.15, 0.2) is 24.3 Å². The third-order valence-corrected chi connectivity index (χ3v) is 5.57. The molecule has 0 spiro atoms. The minimum atomic E-state index is -0.0326. The van der Waals surface area contributed by atoms with Gasteiger partial charge in [0.05, 0.1) is 0 Å². The molecule has 0 aliphatic heterocycles. The first kappa shape index (κ1) is 17.0. The van der Waals surface area contributed by atoms with Crippen molar-refractivity contribution in [3.8, 4) is 0 Å². The first-order chi connectivity index (χ1) is 11.5. The van der Waals surface area contributed by atoms with Gasteiger partial charge in [-0.25, -0.2) is 0 Å². The first-order valence-corrected chi connectivity index (χ1v) is 9.17. The zero-order valence-electron chi connectivity index (χ0n) is 14.7. The van der Waals surface area contributed by atoms with E-state index in [1.165, 1.54) is 25.7 Å². The molecule has 2 saturated carbocycles. The van der Waals surface area contributed by atoms with Crippen LogP contribution >= 0.6 is 0 Å². The number of fused-ring (bicyclic) bond motifs is 2. The van der Waals surface area contributed by atoms with E-state index >= 15 is 0 Å². The van der Waals surface area contributed by atoms with Gasteiger partial charge < -0.3 is 10.6 Å². The third kappa shape index (κ3) is 4.16. The molecule has 3 rings (SSSR count). The normalized spacial score (nSPS) is 25.0. The van der Waals surface area contributed by atoms with Gasteiger partial charge in [0.2, 0.25) is 11.8 Å². The van der Waals surface area contributed by atoms with Crippen molar-refractivity contribution in [2.75, 3.05) is 5.32 Å². The zero-order chi connectivity index (χ0) is 17.1. The molecular weight excluding hydrogens is 300 g/mol. The Labute approximate surface area is 144 Å². The van der Waals surface area contributed by atoms with Crippen LogP contribution in [-0.4, -0.2) is 11.8 Å². The molecule has 3 unspecified atom stereocenters. The summed E-state index contributed by atoms with van der Waals surface area (Å²) >= 11 is 0. The second-order valence-corrected chi connectivity index (χ2v) is 7.76. The average Bonchev–Trinajstić information content (AvgIpc) is 3.17. The van der Waals surface area contributed by atoms with Crippen molar-refractivity contribution >= 4 is 17.5 Å². The molecule has 1 aromatic carbocycles. The smallest absolute Gasteiger partial charge is 0.226 e. The number of anilines is 1. The second-order valence-electron chi connectivity index (χ2n) is 7.76. The SMILES string of the molecule is CC(C)C(=O)Nc1ccc(CNC(=O)CC2CC3CCC2C3)cc1. The highest BCUT2D eigenvalue weighted by atomic mass is 16.2. The van der Waals surface area contributed by atoms with Gasteiger partial charge in [0.15, 0.2) is 0 Å². The van der Waals surface area contributed by atoms with E-state index < -0.39 is 0 Å². The summed E-state index contributed by atoms with van der Waals surface area (Å²) in [4.78, 5) is 23.8. The topological polar surface area (TPSA) is 58.2 Å². The van der Waals surface area contributed by atoms with Gasteiger partial charge in [-0.3, -0.25) is 9.59 Å². The molecule has 0 saturated heterocycles. The number of carbonyl (C=O) groups is 2. The van der Waals surface area contributed by atoms with Gasteiger partial charge in [-0.2, -0.15) is 0 Å². The van der Waals surface area contributed by atoms with Crippen LogP contribution in [0.2, 0.25) is 0 Å². The van der Waals surface area contributed by atoms with Gasteiger partial charge in [0, 0.05) is 24.6 Å². The van der Waals surface area contributed by atoms with Crippen LogP contribution in [0.4, 0.5) is 5.69 Å². The van der Waals surface area contributed by atoms with Gasteiger partial charge >= 0.3 is 0 Å². The van der Waals surface area contributed by atoms with Crippen LogP contribution < -0.4 is 10.6 Å². The summed E-state index contributed by atoms with van der Waals surface area (Å²) in [5.41, 5.74) is 1.85. The van der Waals surface area contributed by atoms with Crippen LogP contribution in [0.1, 0.15) is 51.5 Å². The Morgan fingerprint density at radius 3 is 2.46 bits per heavy atom. The molecule has 24 heavy (non-hydrogen) atoms. The van der Waals surface area contributed by atoms with Crippen LogP contribution in [0.3, 0.4) is 0 Å². The molecular formula is C20H28N2O2. The van der Waals surface area contributed by atoms with E-state index in [2.05, 4.69) is 10.6 Å². The standard InChI is InChI=1S/C20H28N2O2/c1-13(2)20(24)22-18-7-4-14(5-8-18)12-21-19(23)11-17-10-15-3-6-16(17)9-15/h4-5,7-8,13,15-17H,3,6,9-12H2,1-2H3,(H,21,23)(H,22,24). The Kier molecular flexibility index (Phi) is 5.22. The fourth-order valence-electron chi connectivity index (χ4n) is 4.13. The van der Waals surface area contributed by atoms with Gasteiger partial charge in [-0.05, 0) is 54.7 Å². The molecule has 0 aromatic heterocycles. The number of nitrogens with one attached hydrogen (secondary N) is 2. The Balaban J connectivity index is 1.43. The van der Waals surface area contributed by atoms with E-state index in [0.717, 1.165) is 23.1 Å². The van der Waals surface area contributed by atoms with Crippen molar-refractivity contribution in [2.45, 2.75) is 52.5 Å². The first-order valence-electron chi connectivity index (χ1n) is 9.17. The molecule has 2 fully saturated rings. The number of benzene rings is 1. The van der Waals surface area contributed by atoms with Crippen molar-refractivity contribution < 1.29 is 9.59 Å². The summed E-state index contributed by atoms with van der Waals surface area (Å²) in [5.74, 6) is 2.45. The lowest BCUT2D eigenvalue weighted by molar-refractivity contribution is -0.122. The Morgan fingerprint density at radius 2 is 1.88 bits per heavy atom. The summed E-state index contributed by atoms with van der Waals surface area (Å²) in [6.07, 6.45) is 5.99. The lowest BCUT2D eigenvalue weighted by Gasteiger charge is -2.20. The third-order valence-electron chi connectivity index (χ3n) is 5.57. The number of carbonyl (C=O) groups excluding carboxylic acids is 2.